The number of hydrogen-bond donors (Lipinski definition) is 3. The Balaban J connectivity index is 2.48. The molecule has 4 N–H and O–H groups in total. The normalized spacial score (nSPS) is 11.3. The molecular formula is C13H19N7O. The molecule has 2 rings (SSSR count). The Morgan fingerprint density at radius 2 is 2.05 bits per heavy atom. The monoisotopic (exact) mass is 289 g/mol. The third-order valence-corrected chi connectivity index (χ3v) is 2.81. The zero-order chi connectivity index (χ0) is 15.6. The fraction of sp³-hybridized carbons (Fsp3) is 0.385. The molecule has 0 radical (unpaired) electrons. The lowest BCUT2D eigenvalue weighted by Gasteiger charge is -2.18. The van der Waals surface area contributed by atoms with E-state index in [2.05, 4.69) is 25.8 Å². The van der Waals surface area contributed by atoms with Crippen molar-refractivity contribution in [3.63, 3.8) is 0 Å². The molecule has 2 heterocycles. The largest absolute Gasteiger partial charge is 0.354 e. The van der Waals surface area contributed by atoms with E-state index in [4.69, 9.17) is 5.84 Å². The molecule has 112 valence electrons. The lowest BCUT2D eigenvalue weighted by atomic mass is 9.96. The van der Waals surface area contributed by atoms with Crippen LogP contribution in [-0.2, 0) is 5.41 Å². The van der Waals surface area contributed by atoms with Gasteiger partial charge < -0.3 is 10.7 Å². The molecular weight excluding hydrogens is 270 g/mol. The third-order valence-electron chi connectivity index (χ3n) is 2.81. The summed E-state index contributed by atoms with van der Waals surface area (Å²) in [6.45, 7) is 6.02. The van der Waals surface area contributed by atoms with Crippen molar-refractivity contribution in [2.75, 3.05) is 12.5 Å². The summed E-state index contributed by atoms with van der Waals surface area (Å²) in [5, 5.41) is 6.72. The number of carbonyl (C=O) groups excluding carboxylic acids is 1. The van der Waals surface area contributed by atoms with Crippen LogP contribution in [0.4, 0.5) is 5.82 Å². The Labute approximate surface area is 122 Å². The van der Waals surface area contributed by atoms with Crippen LogP contribution in [0.3, 0.4) is 0 Å². The highest BCUT2D eigenvalue weighted by Gasteiger charge is 2.20. The minimum atomic E-state index is -0.254. The molecule has 0 aliphatic carbocycles. The second kappa shape index (κ2) is 5.49. The molecule has 8 heteroatoms. The molecule has 0 aliphatic rings. The maximum atomic E-state index is 11.6. The number of nitrogen functional groups attached to an aromatic ring is 1. The van der Waals surface area contributed by atoms with Crippen molar-refractivity contribution < 1.29 is 4.79 Å². The molecule has 2 aromatic rings. The van der Waals surface area contributed by atoms with Gasteiger partial charge in [-0.05, 0) is 6.07 Å². The predicted octanol–water partition coefficient (Wildman–Crippen LogP) is 0.605. The first-order valence-corrected chi connectivity index (χ1v) is 6.49. The topological polar surface area (TPSA) is 111 Å². The van der Waals surface area contributed by atoms with Crippen LogP contribution in [0, 0.1) is 0 Å². The van der Waals surface area contributed by atoms with E-state index in [0.717, 1.165) is 0 Å². The summed E-state index contributed by atoms with van der Waals surface area (Å²) in [6.07, 6.45) is 1.67. The van der Waals surface area contributed by atoms with E-state index in [-0.39, 0.29) is 11.3 Å². The van der Waals surface area contributed by atoms with E-state index in [9.17, 15) is 4.79 Å². The van der Waals surface area contributed by atoms with Gasteiger partial charge in [0.15, 0.2) is 11.5 Å². The van der Waals surface area contributed by atoms with E-state index in [1.807, 2.05) is 20.8 Å². The zero-order valence-corrected chi connectivity index (χ0v) is 12.5. The van der Waals surface area contributed by atoms with Gasteiger partial charge in [-0.3, -0.25) is 4.79 Å². The highest BCUT2D eigenvalue weighted by atomic mass is 16.1. The summed E-state index contributed by atoms with van der Waals surface area (Å²) in [4.78, 5) is 20.4. The van der Waals surface area contributed by atoms with E-state index in [0.29, 0.717) is 23.2 Å². The van der Waals surface area contributed by atoms with Gasteiger partial charge in [0.1, 0.15) is 11.6 Å². The standard InChI is InChI=1S/C13H19N7O/c1-13(2,3)12-16-9(18-14)7-10(17-12)20-6-5-8(19-20)11(21)15-4/h5-7H,14H2,1-4H3,(H,15,21)(H,16,17,18). The van der Waals surface area contributed by atoms with Gasteiger partial charge in [0, 0.05) is 24.7 Å². The number of aromatic nitrogens is 4. The van der Waals surface area contributed by atoms with Gasteiger partial charge in [-0.15, -0.1) is 0 Å². The number of nitrogens with one attached hydrogen (secondary N) is 2. The number of carbonyl (C=O) groups is 1. The minimum absolute atomic E-state index is 0.238. The lowest BCUT2D eigenvalue weighted by Crippen LogP contribution is -2.21. The fourth-order valence-electron chi connectivity index (χ4n) is 1.66. The third kappa shape index (κ3) is 3.16. The second-order valence-corrected chi connectivity index (χ2v) is 5.55. The van der Waals surface area contributed by atoms with Gasteiger partial charge in [0.2, 0.25) is 0 Å². The Bertz CT molecular complexity index is 657. The van der Waals surface area contributed by atoms with E-state index in [1.165, 1.54) is 4.68 Å². The summed E-state index contributed by atoms with van der Waals surface area (Å²) in [5.74, 6) is 6.85. The molecule has 0 saturated carbocycles. The number of amides is 1. The Kier molecular flexibility index (Phi) is 3.90. The van der Waals surface area contributed by atoms with Crippen LogP contribution < -0.4 is 16.6 Å². The molecule has 2 aromatic heterocycles. The highest BCUT2D eigenvalue weighted by molar-refractivity contribution is 5.91. The van der Waals surface area contributed by atoms with Crippen molar-refractivity contribution in [3.05, 3.63) is 29.8 Å². The van der Waals surface area contributed by atoms with Crippen LogP contribution >= 0.6 is 0 Å². The second-order valence-electron chi connectivity index (χ2n) is 5.55. The number of rotatable bonds is 3. The number of hydrazine groups is 1. The van der Waals surface area contributed by atoms with Crippen LogP contribution in [0.25, 0.3) is 5.82 Å². The molecule has 0 unspecified atom stereocenters. The van der Waals surface area contributed by atoms with Gasteiger partial charge in [-0.25, -0.2) is 20.5 Å². The molecule has 0 atom stereocenters. The van der Waals surface area contributed by atoms with Crippen molar-refractivity contribution in [1.29, 1.82) is 0 Å². The van der Waals surface area contributed by atoms with Crippen LogP contribution in [0.2, 0.25) is 0 Å². The number of anilines is 1. The number of hydrogen-bond acceptors (Lipinski definition) is 6. The molecule has 0 aromatic carbocycles. The first-order valence-electron chi connectivity index (χ1n) is 6.49. The van der Waals surface area contributed by atoms with Gasteiger partial charge >= 0.3 is 0 Å². The van der Waals surface area contributed by atoms with Gasteiger partial charge in [-0.2, -0.15) is 5.10 Å². The molecule has 21 heavy (non-hydrogen) atoms. The van der Waals surface area contributed by atoms with Gasteiger partial charge in [0.05, 0.1) is 0 Å². The van der Waals surface area contributed by atoms with Crippen molar-refractivity contribution in [1.82, 2.24) is 25.1 Å². The first kappa shape index (κ1) is 14.9. The molecule has 0 bridgehead atoms. The zero-order valence-electron chi connectivity index (χ0n) is 12.5. The fourth-order valence-corrected chi connectivity index (χ4v) is 1.66. The Hall–Kier alpha value is -2.48. The number of nitrogens with two attached hydrogens (primary N) is 1. The molecule has 8 nitrogen and oxygen atoms in total. The maximum absolute atomic E-state index is 11.6. The molecule has 0 saturated heterocycles. The Morgan fingerprint density at radius 3 is 2.62 bits per heavy atom. The predicted molar refractivity (Wildman–Crippen MR) is 79.1 cm³/mol. The number of nitrogens with zero attached hydrogens (tertiary/aromatic N) is 4. The first-order chi connectivity index (χ1) is 9.85. The highest BCUT2D eigenvalue weighted by Crippen LogP contribution is 2.21. The summed E-state index contributed by atoms with van der Waals surface area (Å²) in [6, 6.07) is 3.28. The van der Waals surface area contributed by atoms with E-state index >= 15 is 0 Å². The summed E-state index contributed by atoms with van der Waals surface area (Å²) < 4.78 is 1.52. The van der Waals surface area contributed by atoms with E-state index in [1.54, 1.807) is 25.4 Å². The summed E-state index contributed by atoms with van der Waals surface area (Å²) in [5.41, 5.74) is 2.60. The average Bonchev–Trinajstić information content (AvgIpc) is 2.94. The summed E-state index contributed by atoms with van der Waals surface area (Å²) >= 11 is 0. The van der Waals surface area contributed by atoms with Crippen LogP contribution in [0.5, 0.6) is 0 Å². The van der Waals surface area contributed by atoms with Crippen LogP contribution in [0.1, 0.15) is 37.1 Å². The van der Waals surface area contributed by atoms with Gasteiger partial charge in [-0.1, -0.05) is 20.8 Å². The van der Waals surface area contributed by atoms with Crippen LogP contribution in [0.15, 0.2) is 18.3 Å². The van der Waals surface area contributed by atoms with Gasteiger partial charge in [0.25, 0.3) is 5.91 Å². The van der Waals surface area contributed by atoms with E-state index < -0.39 is 0 Å². The molecule has 0 fully saturated rings. The molecule has 1 amide bonds. The van der Waals surface area contributed by atoms with Crippen molar-refractivity contribution >= 4 is 11.7 Å². The molecule has 0 spiro atoms. The lowest BCUT2D eigenvalue weighted by molar-refractivity contribution is 0.0957. The SMILES string of the molecule is CNC(=O)c1ccn(-c2cc(NN)nc(C(C)(C)C)n2)n1. The summed E-state index contributed by atoms with van der Waals surface area (Å²) in [7, 11) is 1.56. The quantitative estimate of drug-likeness (QED) is 0.564. The van der Waals surface area contributed by atoms with Crippen LogP contribution in [-0.4, -0.2) is 32.7 Å². The maximum Gasteiger partial charge on any atom is 0.271 e. The Morgan fingerprint density at radius 1 is 1.33 bits per heavy atom. The smallest absolute Gasteiger partial charge is 0.271 e. The van der Waals surface area contributed by atoms with Crippen molar-refractivity contribution in [2.45, 2.75) is 26.2 Å². The average molecular weight is 289 g/mol. The molecule has 0 aliphatic heterocycles. The van der Waals surface area contributed by atoms with Crippen molar-refractivity contribution in [2.24, 2.45) is 5.84 Å². The van der Waals surface area contributed by atoms with Crippen molar-refractivity contribution in [3.8, 4) is 5.82 Å². The minimum Gasteiger partial charge on any atom is -0.354 e.